The van der Waals surface area contributed by atoms with E-state index in [1.807, 2.05) is 13.8 Å². The Hall–Kier alpha value is -2.43. The summed E-state index contributed by atoms with van der Waals surface area (Å²) in [5.74, 6) is -1.46. The lowest BCUT2D eigenvalue weighted by atomic mass is 9.68. The lowest BCUT2D eigenvalue weighted by Gasteiger charge is -2.39. The van der Waals surface area contributed by atoms with E-state index in [4.69, 9.17) is 4.74 Å². The highest BCUT2D eigenvalue weighted by Gasteiger charge is 2.43. The van der Waals surface area contributed by atoms with E-state index in [1.165, 1.54) is 12.1 Å². The van der Waals surface area contributed by atoms with Gasteiger partial charge in [-0.3, -0.25) is 4.79 Å². The van der Waals surface area contributed by atoms with Gasteiger partial charge in [-0.15, -0.1) is 0 Å². The van der Waals surface area contributed by atoms with Crippen LogP contribution in [0.4, 0.5) is 4.39 Å². The number of benzene rings is 1. The number of ketones is 1. The second-order valence-corrected chi connectivity index (χ2v) is 8.12. The summed E-state index contributed by atoms with van der Waals surface area (Å²) in [7, 11) is 0. The number of rotatable bonds is 4. The van der Waals surface area contributed by atoms with Gasteiger partial charge in [0, 0.05) is 29.3 Å². The number of carbonyl (C=O) groups is 2. The molecule has 4 nitrogen and oxygen atoms in total. The van der Waals surface area contributed by atoms with Gasteiger partial charge in [-0.25, -0.2) is 9.18 Å². The number of dihydropyridines is 1. The maximum absolute atomic E-state index is 13.9. The predicted molar refractivity (Wildman–Crippen MR) is 101 cm³/mol. The molecule has 1 aromatic rings. The van der Waals surface area contributed by atoms with Gasteiger partial charge in [0.1, 0.15) is 5.82 Å². The van der Waals surface area contributed by atoms with Gasteiger partial charge in [0.2, 0.25) is 0 Å². The smallest absolute Gasteiger partial charge is 0.336 e. The van der Waals surface area contributed by atoms with E-state index >= 15 is 0 Å². The molecule has 1 aliphatic heterocycles. The van der Waals surface area contributed by atoms with Crippen molar-refractivity contribution in [3.05, 3.63) is 58.2 Å². The topological polar surface area (TPSA) is 55.4 Å². The molecule has 1 N–H and O–H groups in total. The summed E-state index contributed by atoms with van der Waals surface area (Å²) in [4.78, 5) is 25.8. The van der Waals surface area contributed by atoms with Crippen LogP contribution >= 0.6 is 0 Å². The van der Waals surface area contributed by atoms with Crippen molar-refractivity contribution in [1.29, 1.82) is 0 Å². The predicted octanol–water partition coefficient (Wildman–Crippen LogP) is 4.38. The third-order valence-electron chi connectivity index (χ3n) is 5.08. The number of hydrogen-bond acceptors (Lipinski definition) is 4. The molecule has 144 valence electrons. The summed E-state index contributed by atoms with van der Waals surface area (Å²) in [6.07, 6.45) is 1.81. The highest BCUT2D eigenvalue weighted by Crippen LogP contribution is 2.46. The van der Waals surface area contributed by atoms with Crippen LogP contribution in [0.25, 0.3) is 0 Å². The number of Topliss-reactive ketones (excluding diaryl/α,β-unsaturated/α-hetero) is 1. The van der Waals surface area contributed by atoms with Crippen LogP contribution in [0.15, 0.2) is 46.8 Å². The molecule has 1 atom stereocenters. The van der Waals surface area contributed by atoms with Crippen LogP contribution in [0.2, 0.25) is 0 Å². The fourth-order valence-electron chi connectivity index (χ4n) is 4.00. The van der Waals surface area contributed by atoms with E-state index in [-0.39, 0.29) is 11.2 Å². The standard InChI is InChI=1S/C22H26FNO3/c1-5-9-27-21(26)18-13(2)24-16-11-22(3,4)12-17(25)20(16)19(18)14-7-6-8-15(23)10-14/h6-8,10,19,24H,5,9,11-12H2,1-4H3/t19-/m1/s1. The van der Waals surface area contributed by atoms with Gasteiger partial charge in [0.05, 0.1) is 12.2 Å². The minimum Gasteiger partial charge on any atom is -0.462 e. The molecule has 0 amide bonds. The zero-order valence-corrected chi connectivity index (χ0v) is 16.3. The largest absolute Gasteiger partial charge is 0.462 e. The monoisotopic (exact) mass is 371 g/mol. The Bertz CT molecular complexity index is 851. The highest BCUT2D eigenvalue weighted by atomic mass is 19.1. The van der Waals surface area contributed by atoms with Crippen molar-refractivity contribution in [3.63, 3.8) is 0 Å². The number of allylic oxidation sites excluding steroid dienone is 3. The molecular weight excluding hydrogens is 345 g/mol. The number of hydrogen-bond donors (Lipinski definition) is 1. The van der Waals surface area contributed by atoms with Gasteiger partial charge >= 0.3 is 5.97 Å². The van der Waals surface area contributed by atoms with Crippen LogP contribution in [0.5, 0.6) is 0 Å². The molecule has 0 radical (unpaired) electrons. The molecule has 27 heavy (non-hydrogen) atoms. The van der Waals surface area contributed by atoms with E-state index in [0.717, 1.165) is 5.70 Å². The van der Waals surface area contributed by atoms with Gasteiger partial charge < -0.3 is 10.1 Å². The molecule has 1 heterocycles. The zero-order valence-electron chi connectivity index (χ0n) is 16.3. The van der Waals surface area contributed by atoms with Crippen LogP contribution in [-0.4, -0.2) is 18.4 Å². The quantitative estimate of drug-likeness (QED) is 0.798. The second-order valence-electron chi connectivity index (χ2n) is 8.12. The SMILES string of the molecule is CCCOC(=O)C1=C(C)NC2=C(C(=O)CC(C)(C)C2)[C@@H]1c1cccc(F)c1. The van der Waals surface area contributed by atoms with Crippen molar-refractivity contribution in [1.82, 2.24) is 5.32 Å². The number of carbonyl (C=O) groups excluding carboxylic acids is 2. The van der Waals surface area contributed by atoms with E-state index in [1.54, 1.807) is 12.1 Å². The van der Waals surface area contributed by atoms with E-state index in [0.29, 0.717) is 48.3 Å². The van der Waals surface area contributed by atoms with Gasteiger partial charge in [-0.1, -0.05) is 32.9 Å². The summed E-state index contributed by atoms with van der Waals surface area (Å²) in [5, 5.41) is 3.27. The van der Waals surface area contributed by atoms with E-state index in [2.05, 4.69) is 19.2 Å². The van der Waals surface area contributed by atoms with Crippen LogP contribution in [0, 0.1) is 11.2 Å². The Kier molecular flexibility index (Phi) is 5.22. The molecule has 0 saturated carbocycles. The third-order valence-corrected chi connectivity index (χ3v) is 5.08. The highest BCUT2D eigenvalue weighted by molar-refractivity contribution is 6.04. The maximum Gasteiger partial charge on any atom is 0.336 e. The Balaban J connectivity index is 2.14. The summed E-state index contributed by atoms with van der Waals surface area (Å²) < 4.78 is 19.3. The zero-order chi connectivity index (χ0) is 19.8. The van der Waals surface area contributed by atoms with Crippen LogP contribution in [0.3, 0.4) is 0 Å². The van der Waals surface area contributed by atoms with Gasteiger partial charge in [0.25, 0.3) is 0 Å². The second kappa shape index (κ2) is 7.29. The van der Waals surface area contributed by atoms with Crippen molar-refractivity contribution >= 4 is 11.8 Å². The van der Waals surface area contributed by atoms with Crippen LogP contribution in [0.1, 0.15) is 58.4 Å². The normalized spacial score (nSPS) is 21.7. The molecule has 0 fully saturated rings. The molecule has 5 heteroatoms. The van der Waals surface area contributed by atoms with Crippen LogP contribution in [-0.2, 0) is 14.3 Å². The molecular formula is C22H26FNO3. The Morgan fingerprint density at radius 2 is 2.07 bits per heavy atom. The molecule has 1 aromatic carbocycles. The summed E-state index contributed by atoms with van der Waals surface area (Å²) in [6, 6.07) is 6.12. The van der Waals surface area contributed by atoms with E-state index in [9.17, 15) is 14.0 Å². The summed E-state index contributed by atoms with van der Waals surface area (Å²) >= 11 is 0. The average molecular weight is 371 g/mol. The van der Waals surface area contributed by atoms with Crippen molar-refractivity contribution in [2.24, 2.45) is 5.41 Å². The van der Waals surface area contributed by atoms with Crippen LogP contribution < -0.4 is 5.32 Å². The third kappa shape index (κ3) is 3.82. The van der Waals surface area contributed by atoms with Gasteiger partial charge in [0.15, 0.2) is 5.78 Å². The molecule has 3 rings (SSSR count). The Morgan fingerprint density at radius 3 is 2.74 bits per heavy atom. The number of esters is 1. The van der Waals surface area contributed by atoms with Crippen molar-refractivity contribution in [2.45, 2.75) is 52.9 Å². The fraction of sp³-hybridized carbons (Fsp3) is 0.455. The first-order valence-electron chi connectivity index (χ1n) is 9.40. The lowest BCUT2D eigenvalue weighted by molar-refractivity contribution is -0.139. The van der Waals surface area contributed by atoms with Crippen molar-refractivity contribution in [3.8, 4) is 0 Å². The Morgan fingerprint density at radius 1 is 1.33 bits per heavy atom. The van der Waals surface area contributed by atoms with Crippen molar-refractivity contribution < 1.29 is 18.7 Å². The van der Waals surface area contributed by atoms with Gasteiger partial charge in [-0.05, 0) is 42.9 Å². The first kappa shape index (κ1) is 19.3. The van der Waals surface area contributed by atoms with Gasteiger partial charge in [-0.2, -0.15) is 0 Å². The molecule has 1 aliphatic carbocycles. The minimum absolute atomic E-state index is 0.00342. The molecule has 0 bridgehead atoms. The summed E-state index contributed by atoms with van der Waals surface area (Å²) in [6.45, 7) is 8.14. The first-order chi connectivity index (χ1) is 12.7. The minimum atomic E-state index is -0.607. The number of ether oxygens (including phenoxy) is 1. The van der Waals surface area contributed by atoms with E-state index < -0.39 is 17.7 Å². The molecule has 0 saturated heterocycles. The molecule has 0 spiro atoms. The fourth-order valence-corrected chi connectivity index (χ4v) is 4.00. The molecule has 0 aromatic heterocycles. The first-order valence-corrected chi connectivity index (χ1v) is 9.40. The van der Waals surface area contributed by atoms with Crippen molar-refractivity contribution in [2.75, 3.05) is 6.61 Å². The molecule has 2 aliphatic rings. The number of nitrogens with one attached hydrogen (secondary N) is 1. The lowest BCUT2D eigenvalue weighted by Crippen LogP contribution is -2.38. The summed E-state index contributed by atoms with van der Waals surface area (Å²) in [5.41, 5.74) is 2.88. The number of halogens is 1. The average Bonchev–Trinajstić information content (AvgIpc) is 2.57. The maximum atomic E-state index is 13.9. The molecule has 0 unspecified atom stereocenters. The Labute approximate surface area is 159 Å².